The second kappa shape index (κ2) is 6.30. The van der Waals surface area contributed by atoms with E-state index in [0.29, 0.717) is 11.3 Å². The van der Waals surface area contributed by atoms with E-state index in [-0.39, 0.29) is 24.6 Å². The quantitative estimate of drug-likeness (QED) is 0.545. The standard InChI is InChI=1S/C15H12FN5O2/c16-12-6-2-1-4-10(12)9-21-7-3-5-11(21)8-13(22)14(23)15-17-19-20-18-15/h1-7H,8-9H2,(H,17,18,19,20). The van der Waals surface area contributed by atoms with E-state index < -0.39 is 11.6 Å². The van der Waals surface area contributed by atoms with E-state index in [1.165, 1.54) is 6.07 Å². The summed E-state index contributed by atoms with van der Waals surface area (Å²) in [5.41, 5.74) is 1.11. The predicted octanol–water partition coefficient (Wildman–Crippen LogP) is 1.18. The van der Waals surface area contributed by atoms with Crippen molar-refractivity contribution in [2.45, 2.75) is 13.0 Å². The van der Waals surface area contributed by atoms with Crippen LogP contribution in [0.4, 0.5) is 4.39 Å². The summed E-state index contributed by atoms with van der Waals surface area (Å²) in [6.07, 6.45) is 1.61. The first kappa shape index (κ1) is 14.8. The number of H-pyrrole nitrogens is 1. The summed E-state index contributed by atoms with van der Waals surface area (Å²) in [6, 6.07) is 9.86. The number of rotatable bonds is 6. The van der Waals surface area contributed by atoms with E-state index in [9.17, 15) is 14.0 Å². The van der Waals surface area contributed by atoms with E-state index in [2.05, 4.69) is 20.6 Å². The molecule has 7 nitrogen and oxygen atoms in total. The number of aromatic nitrogens is 5. The molecule has 116 valence electrons. The molecule has 1 N–H and O–H groups in total. The molecule has 3 aromatic rings. The molecular weight excluding hydrogens is 301 g/mol. The van der Waals surface area contributed by atoms with Crippen LogP contribution in [0.2, 0.25) is 0 Å². The van der Waals surface area contributed by atoms with E-state index in [0.717, 1.165) is 0 Å². The maximum atomic E-state index is 13.7. The Bertz CT molecular complexity index is 841. The fraction of sp³-hybridized carbons (Fsp3) is 0.133. The highest BCUT2D eigenvalue weighted by Gasteiger charge is 2.21. The molecule has 0 bridgehead atoms. The third kappa shape index (κ3) is 3.20. The summed E-state index contributed by atoms with van der Waals surface area (Å²) in [4.78, 5) is 23.9. The normalized spacial score (nSPS) is 10.7. The number of ketones is 2. The highest BCUT2D eigenvalue weighted by Crippen LogP contribution is 2.12. The number of nitrogens with zero attached hydrogens (tertiary/aromatic N) is 4. The molecule has 2 aromatic heterocycles. The third-order valence-electron chi connectivity index (χ3n) is 3.37. The number of carbonyl (C=O) groups excluding carboxylic acids is 2. The lowest BCUT2D eigenvalue weighted by Crippen LogP contribution is -2.20. The van der Waals surface area contributed by atoms with Gasteiger partial charge in [-0.2, -0.15) is 5.21 Å². The Kier molecular flexibility index (Phi) is 4.05. The molecule has 8 heteroatoms. The Morgan fingerprint density at radius 1 is 1.17 bits per heavy atom. The predicted molar refractivity (Wildman–Crippen MR) is 77.2 cm³/mol. The van der Waals surface area contributed by atoms with Crippen molar-refractivity contribution in [1.82, 2.24) is 25.2 Å². The number of nitrogens with one attached hydrogen (secondary N) is 1. The summed E-state index contributed by atoms with van der Waals surface area (Å²) >= 11 is 0. The molecule has 0 fully saturated rings. The lowest BCUT2D eigenvalue weighted by molar-refractivity contribution is -0.114. The van der Waals surface area contributed by atoms with Gasteiger partial charge in [0.15, 0.2) is 0 Å². The summed E-state index contributed by atoms with van der Waals surface area (Å²) in [6.45, 7) is 0.276. The zero-order valence-electron chi connectivity index (χ0n) is 11.9. The number of benzene rings is 1. The molecule has 0 unspecified atom stereocenters. The zero-order chi connectivity index (χ0) is 16.2. The van der Waals surface area contributed by atoms with Crippen molar-refractivity contribution in [1.29, 1.82) is 0 Å². The molecule has 0 saturated heterocycles. The van der Waals surface area contributed by atoms with Gasteiger partial charge in [-0.25, -0.2) is 4.39 Å². The van der Waals surface area contributed by atoms with Crippen LogP contribution in [0.1, 0.15) is 21.9 Å². The Balaban J connectivity index is 1.75. The monoisotopic (exact) mass is 313 g/mol. The van der Waals surface area contributed by atoms with E-state index in [4.69, 9.17) is 0 Å². The molecule has 0 aliphatic carbocycles. The van der Waals surface area contributed by atoms with Crippen LogP contribution >= 0.6 is 0 Å². The van der Waals surface area contributed by atoms with Crippen molar-refractivity contribution in [3.05, 3.63) is 65.5 Å². The van der Waals surface area contributed by atoms with Crippen molar-refractivity contribution >= 4 is 11.6 Å². The van der Waals surface area contributed by atoms with Crippen molar-refractivity contribution < 1.29 is 14.0 Å². The number of halogens is 1. The van der Waals surface area contributed by atoms with Crippen LogP contribution in [-0.2, 0) is 17.8 Å². The van der Waals surface area contributed by atoms with Crippen molar-refractivity contribution in [2.24, 2.45) is 0 Å². The summed E-state index contributed by atoms with van der Waals surface area (Å²) in [5.74, 6) is -2.04. The van der Waals surface area contributed by atoms with Crippen LogP contribution in [0.3, 0.4) is 0 Å². The van der Waals surface area contributed by atoms with Crippen LogP contribution in [0.15, 0.2) is 42.6 Å². The summed E-state index contributed by atoms with van der Waals surface area (Å²) in [5, 5.41) is 12.4. The highest BCUT2D eigenvalue weighted by molar-refractivity contribution is 6.42. The van der Waals surface area contributed by atoms with Crippen molar-refractivity contribution in [3.8, 4) is 0 Å². The number of carbonyl (C=O) groups is 2. The van der Waals surface area contributed by atoms with Gasteiger partial charge in [0.05, 0.1) is 13.0 Å². The molecule has 1 aromatic carbocycles. The molecule has 0 spiro atoms. The van der Waals surface area contributed by atoms with Gasteiger partial charge in [-0.3, -0.25) is 9.59 Å². The molecule has 0 aliphatic rings. The Hall–Kier alpha value is -3.16. The second-order valence-corrected chi connectivity index (χ2v) is 4.88. The van der Waals surface area contributed by atoms with E-state index in [1.54, 1.807) is 41.1 Å². The molecule has 0 amide bonds. The lowest BCUT2D eigenvalue weighted by atomic mass is 10.1. The third-order valence-corrected chi connectivity index (χ3v) is 3.37. The number of Topliss-reactive ketones (excluding diaryl/α,β-unsaturated/α-hetero) is 2. The molecule has 23 heavy (non-hydrogen) atoms. The van der Waals surface area contributed by atoms with Crippen LogP contribution in [-0.4, -0.2) is 36.8 Å². The second-order valence-electron chi connectivity index (χ2n) is 4.88. The van der Waals surface area contributed by atoms with Gasteiger partial charge >= 0.3 is 0 Å². The Morgan fingerprint density at radius 3 is 2.74 bits per heavy atom. The fourth-order valence-corrected chi connectivity index (χ4v) is 2.20. The molecule has 0 atom stereocenters. The first-order valence-electron chi connectivity index (χ1n) is 6.83. The molecular formula is C15H12FN5O2. The van der Waals surface area contributed by atoms with Crippen LogP contribution in [0.5, 0.6) is 0 Å². The Labute approximate surface area is 130 Å². The number of aromatic amines is 1. The van der Waals surface area contributed by atoms with Gasteiger partial charge in [-0.1, -0.05) is 18.2 Å². The van der Waals surface area contributed by atoms with Crippen molar-refractivity contribution in [3.63, 3.8) is 0 Å². The number of hydrogen-bond acceptors (Lipinski definition) is 5. The van der Waals surface area contributed by atoms with E-state index >= 15 is 0 Å². The molecule has 0 radical (unpaired) electrons. The lowest BCUT2D eigenvalue weighted by Gasteiger charge is -2.09. The number of tetrazole rings is 1. The van der Waals surface area contributed by atoms with E-state index in [1.807, 2.05) is 0 Å². The van der Waals surface area contributed by atoms with Gasteiger partial charge < -0.3 is 4.57 Å². The Morgan fingerprint density at radius 2 is 2.00 bits per heavy atom. The topological polar surface area (TPSA) is 93.5 Å². The molecule has 0 aliphatic heterocycles. The largest absolute Gasteiger partial charge is 0.347 e. The van der Waals surface area contributed by atoms with Gasteiger partial charge in [0.25, 0.3) is 5.78 Å². The van der Waals surface area contributed by atoms with Gasteiger partial charge in [0.1, 0.15) is 5.82 Å². The van der Waals surface area contributed by atoms with Crippen LogP contribution in [0, 0.1) is 5.82 Å². The molecule has 2 heterocycles. The highest BCUT2D eigenvalue weighted by atomic mass is 19.1. The van der Waals surface area contributed by atoms with Gasteiger partial charge in [-0.05, 0) is 23.4 Å². The first-order valence-corrected chi connectivity index (χ1v) is 6.83. The minimum absolute atomic E-state index is 0.116. The van der Waals surface area contributed by atoms with Crippen LogP contribution < -0.4 is 0 Å². The smallest absolute Gasteiger partial charge is 0.269 e. The first-order chi connectivity index (χ1) is 11.1. The minimum Gasteiger partial charge on any atom is -0.347 e. The average Bonchev–Trinajstić information content (AvgIpc) is 3.21. The van der Waals surface area contributed by atoms with Crippen LogP contribution in [0.25, 0.3) is 0 Å². The summed E-state index contributed by atoms with van der Waals surface area (Å²) in [7, 11) is 0. The zero-order valence-corrected chi connectivity index (χ0v) is 11.9. The SMILES string of the molecule is O=C(Cc1cccn1Cc1ccccc1F)C(=O)c1nn[nH]n1. The van der Waals surface area contributed by atoms with Crippen molar-refractivity contribution in [2.75, 3.05) is 0 Å². The number of hydrogen-bond donors (Lipinski definition) is 1. The van der Waals surface area contributed by atoms with Gasteiger partial charge in [0, 0.05) is 17.5 Å². The maximum Gasteiger partial charge on any atom is 0.269 e. The maximum absolute atomic E-state index is 13.7. The summed E-state index contributed by atoms with van der Waals surface area (Å²) < 4.78 is 15.5. The van der Waals surface area contributed by atoms with Gasteiger partial charge in [0.2, 0.25) is 11.6 Å². The fourth-order valence-electron chi connectivity index (χ4n) is 2.20. The minimum atomic E-state index is -0.808. The van der Waals surface area contributed by atoms with Gasteiger partial charge in [-0.15, -0.1) is 10.2 Å². The molecule has 3 rings (SSSR count). The molecule has 0 saturated carbocycles. The average molecular weight is 313 g/mol.